The molecule has 0 spiro atoms. The number of nitrogens with two attached hydrogens (primary N) is 1. The SMILES string of the molecule is COc1cc2c(cc1/C=C\C(N)=O)CCCC2. The molecule has 0 heterocycles. The second-order valence-electron chi connectivity index (χ2n) is 4.31. The Bertz CT molecular complexity index is 464. The van der Waals surface area contributed by atoms with Crippen LogP contribution < -0.4 is 10.5 Å². The van der Waals surface area contributed by atoms with Gasteiger partial charge in [0.25, 0.3) is 0 Å². The molecule has 0 aromatic heterocycles. The topological polar surface area (TPSA) is 52.3 Å². The average Bonchev–Trinajstić information content (AvgIpc) is 2.35. The fraction of sp³-hybridized carbons (Fsp3) is 0.357. The Hall–Kier alpha value is -1.77. The molecular formula is C14H17NO2. The van der Waals surface area contributed by atoms with Crippen molar-refractivity contribution in [2.24, 2.45) is 5.73 Å². The summed E-state index contributed by atoms with van der Waals surface area (Å²) in [4.78, 5) is 10.8. The number of rotatable bonds is 3. The minimum absolute atomic E-state index is 0.440. The lowest BCUT2D eigenvalue weighted by molar-refractivity contribution is -0.113. The maximum atomic E-state index is 10.8. The second-order valence-corrected chi connectivity index (χ2v) is 4.31. The number of methoxy groups -OCH3 is 1. The van der Waals surface area contributed by atoms with Crippen molar-refractivity contribution in [2.75, 3.05) is 7.11 Å². The van der Waals surface area contributed by atoms with Crippen molar-refractivity contribution >= 4 is 12.0 Å². The van der Waals surface area contributed by atoms with E-state index in [4.69, 9.17) is 10.5 Å². The molecule has 1 aromatic rings. The smallest absolute Gasteiger partial charge is 0.241 e. The van der Waals surface area contributed by atoms with Gasteiger partial charge < -0.3 is 10.5 Å². The highest BCUT2D eigenvalue weighted by atomic mass is 16.5. The zero-order chi connectivity index (χ0) is 12.3. The van der Waals surface area contributed by atoms with E-state index in [2.05, 4.69) is 12.1 Å². The van der Waals surface area contributed by atoms with Crippen LogP contribution in [-0.4, -0.2) is 13.0 Å². The van der Waals surface area contributed by atoms with Crippen LogP contribution in [0, 0.1) is 0 Å². The van der Waals surface area contributed by atoms with E-state index in [0.717, 1.165) is 24.2 Å². The largest absolute Gasteiger partial charge is 0.496 e. The Kier molecular flexibility index (Phi) is 3.47. The van der Waals surface area contributed by atoms with Crippen LogP contribution in [0.1, 0.15) is 29.5 Å². The van der Waals surface area contributed by atoms with Gasteiger partial charge in [0.2, 0.25) is 5.91 Å². The first-order valence-corrected chi connectivity index (χ1v) is 5.88. The molecule has 1 aromatic carbocycles. The molecule has 1 aliphatic rings. The van der Waals surface area contributed by atoms with Crippen molar-refractivity contribution < 1.29 is 9.53 Å². The van der Waals surface area contributed by atoms with Crippen LogP contribution in [-0.2, 0) is 17.6 Å². The molecule has 1 aliphatic carbocycles. The van der Waals surface area contributed by atoms with Gasteiger partial charge in [-0.2, -0.15) is 0 Å². The summed E-state index contributed by atoms with van der Waals surface area (Å²) >= 11 is 0. The van der Waals surface area contributed by atoms with Crippen molar-refractivity contribution in [2.45, 2.75) is 25.7 Å². The lowest BCUT2D eigenvalue weighted by atomic mass is 9.90. The fourth-order valence-electron chi connectivity index (χ4n) is 2.26. The number of carbonyl (C=O) groups excluding carboxylic acids is 1. The third-order valence-electron chi connectivity index (χ3n) is 3.12. The van der Waals surface area contributed by atoms with Gasteiger partial charge in [-0.1, -0.05) is 0 Å². The van der Waals surface area contributed by atoms with Gasteiger partial charge in [0.1, 0.15) is 5.75 Å². The van der Waals surface area contributed by atoms with Crippen LogP contribution in [0.5, 0.6) is 5.75 Å². The zero-order valence-corrected chi connectivity index (χ0v) is 10.0. The summed E-state index contributed by atoms with van der Waals surface area (Å²) in [6, 6.07) is 4.18. The standard InChI is InChI=1S/C14H17NO2/c1-17-13-9-11-5-3-2-4-10(11)8-12(13)6-7-14(15)16/h6-9H,2-5H2,1H3,(H2,15,16)/b7-6-. The van der Waals surface area contributed by atoms with E-state index < -0.39 is 5.91 Å². The maximum Gasteiger partial charge on any atom is 0.241 e. The van der Waals surface area contributed by atoms with Gasteiger partial charge in [0.05, 0.1) is 7.11 Å². The van der Waals surface area contributed by atoms with E-state index in [1.54, 1.807) is 13.2 Å². The van der Waals surface area contributed by atoms with Crippen LogP contribution >= 0.6 is 0 Å². The highest BCUT2D eigenvalue weighted by Gasteiger charge is 2.12. The quantitative estimate of drug-likeness (QED) is 0.810. The number of benzene rings is 1. The minimum Gasteiger partial charge on any atom is -0.496 e. The number of amides is 1. The van der Waals surface area contributed by atoms with Gasteiger partial charge in [-0.15, -0.1) is 0 Å². The first kappa shape index (κ1) is 11.7. The molecule has 0 saturated heterocycles. The summed E-state index contributed by atoms with van der Waals surface area (Å²) < 4.78 is 5.34. The number of aryl methyl sites for hydroxylation is 2. The summed E-state index contributed by atoms with van der Waals surface area (Å²) in [6.45, 7) is 0. The molecule has 0 aliphatic heterocycles. The van der Waals surface area contributed by atoms with Gasteiger partial charge in [-0.25, -0.2) is 0 Å². The number of fused-ring (bicyclic) bond motifs is 1. The molecular weight excluding hydrogens is 214 g/mol. The van der Waals surface area contributed by atoms with Crippen molar-refractivity contribution in [1.82, 2.24) is 0 Å². The third kappa shape index (κ3) is 2.67. The molecule has 3 nitrogen and oxygen atoms in total. The van der Waals surface area contributed by atoms with Crippen molar-refractivity contribution in [3.63, 3.8) is 0 Å². The lowest BCUT2D eigenvalue weighted by Gasteiger charge is -2.18. The van der Waals surface area contributed by atoms with E-state index >= 15 is 0 Å². The number of hydrogen-bond acceptors (Lipinski definition) is 2. The fourth-order valence-corrected chi connectivity index (χ4v) is 2.26. The molecule has 3 heteroatoms. The van der Waals surface area contributed by atoms with Gasteiger partial charge in [0.15, 0.2) is 0 Å². The maximum absolute atomic E-state index is 10.8. The van der Waals surface area contributed by atoms with E-state index in [0.29, 0.717) is 0 Å². The van der Waals surface area contributed by atoms with Gasteiger partial charge in [0, 0.05) is 11.6 Å². The molecule has 0 saturated carbocycles. The van der Waals surface area contributed by atoms with Crippen molar-refractivity contribution in [3.05, 3.63) is 34.9 Å². The van der Waals surface area contributed by atoms with Crippen LogP contribution in [0.25, 0.3) is 6.08 Å². The van der Waals surface area contributed by atoms with E-state index in [-0.39, 0.29) is 0 Å². The first-order chi connectivity index (χ1) is 8.20. The number of ether oxygens (including phenoxy) is 1. The van der Waals surface area contributed by atoms with E-state index in [1.165, 1.54) is 30.0 Å². The zero-order valence-electron chi connectivity index (χ0n) is 10.0. The monoisotopic (exact) mass is 231 g/mol. The first-order valence-electron chi connectivity index (χ1n) is 5.88. The molecule has 17 heavy (non-hydrogen) atoms. The summed E-state index contributed by atoms with van der Waals surface area (Å²) in [5, 5.41) is 0. The summed E-state index contributed by atoms with van der Waals surface area (Å²) in [6.07, 6.45) is 7.79. The van der Waals surface area contributed by atoms with Crippen molar-refractivity contribution in [1.29, 1.82) is 0 Å². The Morgan fingerprint density at radius 1 is 1.29 bits per heavy atom. The minimum atomic E-state index is -0.440. The highest BCUT2D eigenvalue weighted by molar-refractivity contribution is 5.90. The van der Waals surface area contributed by atoms with Crippen LogP contribution in [0.4, 0.5) is 0 Å². The van der Waals surface area contributed by atoms with E-state index in [9.17, 15) is 4.79 Å². The molecule has 0 fully saturated rings. The number of primary amides is 1. The number of carbonyl (C=O) groups is 1. The molecule has 0 radical (unpaired) electrons. The molecule has 2 N–H and O–H groups in total. The summed E-state index contributed by atoms with van der Waals surface area (Å²) in [7, 11) is 1.65. The number of hydrogen-bond donors (Lipinski definition) is 1. The van der Waals surface area contributed by atoms with Gasteiger partial charge >= 0.3 is 0 Å². The Labute approximate surface area is 101 Å². The predicted molar refractivity (Wildman–Crippen MR) is 67.9 cm³/mol. The molecule has 1 amide bonds. The van der Waals surface area contributed by atoms with Crippen LogP contribution in [0.15, 0.2) is 18.2 Å². The van der Waals surface area contributed by atoms with Gasteiger partial charge in [-0.3, -0.25) is 4.79 Å². The van der Waals surface area contributed by atoms with Gasteiger partial charge in [-0.05, 0) is 55.0 Å². The molecule has 0 bridgehead atoms. The third-order valence-corrected chi connectivity index (χ3v) is 3.12. The summed E-state index contributed by atoms with van der Waals surface area (Å²) in [5.41, 5.74) is 8.75. The van der Waals surface area contributed by atoms with Crippen molar-refractivity contribution in [3.8, 4) is 5.75 Å². The highest BCUT2D eigenvalue weighted by Crippen LogP contribution is 2.29. The Morgan fingerprint density at radius 2 is 1.94 bits per heavy atom. The lowest BCUT2D eigenvalue weighted by Crippen LogP contribution is -2.06. The molecule has 0 unspecified atom stereocenters. The van der Waals surface area contributed by atoms with Crippen LogP contribution in [0.2, 0.25) is 0 Å². The summed E-state index contributed by atoms with van der Waals surface area (Å²) in [5.74, 6) is 0.368. The Morgan fingerprint density at radius 3 is 2.53 bits per heavy atom. The molecule has 90 valence electrons. The van der Waals surface area contributed by atoms with E-state index in [1.807, 2.05) is 0 Å². The second kappa shape index (κ2) is 5.04. The molecule has 2 rings (SSSR count). The normalized spacial score (nSPS) is 14.6. The predicted octanol–water partition coefficient (Wildman–Crippen LogP) is 2.07. The Balaban J connectivity index is 2.39. The molecule has 0 atom stereocenters. The average molecular weight is 231 g/mol. The van der Waals surface area contributed by atoms with Crippen LogP contribution in [0.3, 0.4) is 0 Å².